The molecule has 0 radical (unpaired) electrons. The van der Waals surface area contributed by atoms with Gasteiger partial charge in [-0.25, -0.2) is 0 Å². The van der Waals surface area contributed by atoms with Gasteiger partial charge in [0.05, 0.1) is 13.2 Å². The average molecular weight is 525 g/mol. The smallest absolute Gasteiger partial charge is 0.191 e. The van der Waals surface area contributed by atoms with Gasteiger partial charge in [0.2, 0.25) is 0 Å². The van der Waals surface area contributed by atoms with Crippen LogP contribution in [0, 0.1) is 11.3 Å². The number of rotatable bonds is 10. The molecule has 0 aromatic heterocycles. The molecule has 3 N–H and O–H groups in total. The topological polar surface area (TPSA) is 69.1 Å². The zero-order valence-corrected chi connectivity index (χ0v) is 21.2. The molecule has 1 aliphatic heterocycles. The van der Waals surface area contributed by atoms with Gasteiger partial charge in [0, 0.05) is 45.4 Å². The lowest BCUT2D eigenvalue weighted by Gasteiger charge is -2.37. The first-order valence-electron chi connectivity index (χ1n) is 11.5. The molecule has 7 heteroatoms. The third-order valence-corrected chi connectivity index (χ3v) is 6.28. The fourth-order valence-corrected chi connectivity index (χ4v) is 4.68. The molecule has 2 aliphatic rings. The van der Waals surface area contributed by atoms with Crippen molar-refractivity contribution in [1.82, 2.24) is 15.5 Å². The van der Waals surface area contributed by atoms with Crippen LogP contribution < -0.4 is 10.6 Å². The molecular weight excluding hydrogens is 479 g/mol. The minimum absolute atomic E-state index is 0. The Kier molecular flexibility index (Phi) is 13.7. The molecule has 1 atom stereocenters. The Morgan fingerprint density at radius 3 is 2.41 bits per heavy atom. The van der Waals surface area contributed by atoms with E-state index in [9.17, 15) is 5.11 Å². The van der Waals surface area contributed by atoms with Crippen molar-refractivity contribution in [1.29, 1.82) is 0 Å². The summed E-state index contributed by atoms with van der Waals surface area (Å²) in [5.74, 6) is 1.59. The van der Waals surface area contributed by atoms with E-state index in [4.69, 9.17) is 9.73 Å². The lowest BCUT2D eigenvalue weighted by molar-refractivity contribution is 0.0132. The van der Waals surface area contributed by atoms with Crippen LogP contribution in [0.1, 0.15) is 65.7 Å². The molecular formula is C22H45IN4O2. The number of aliphatic hydroxyl groups is 1. The van der Waals surface area contributed by atoms with Crippen LogP contribution in [0.4, 0.5) is 0 Å². The van der Waals surface area contributed by atoms with Gasteiger partial charge in [0.15, 0.2) is 5.96 Å². The summed E-state index contributed by atoms with van der Waals surface area (Å²) in [7, 11) is 0. The van der Waals surface area contributed by atoms with Crippen LogP contribution in [-0.4, -0.2) is 74.6 Å². The van der Waals surface area contributed by atoms with Crippen LogP contribution in [0.5, 0.6) is 0 Å². The van der Waals surface area contributed by atoms with Crippen molar-refractivity contribution in [2.24, 2.45) is 16.3 Å². The maximum atomic E-state index is 9.56. The predicted octanol–water partition coefficient (Wildman–Crippen LogP) is 3.24. The number of nitrogens with zero attached hydrogens (tertiary/aromatic N) is 2. The highest BCUT2D eigenvalue weighted by atomic mass is 127. The minimum atomic E-state index is 0. The summed E-state index contributed by atoms with van der Waals surface area (Å²) >= 11 is 0. The Balaban J connectivity index is 0.00000420. The molecule has 1 saturated carbocycles. The molecule has 172 valence electrons. The summed E-state index contributed by atoms with van der Waals surface area (Å²) in [6, 6.07) is 0.508. The summed E-state index contributed by atoms with van der Waals surface area (Å²) in [5.41, 5.74) is 0.191. The summed E-state index contributed by atoms with van der Waals surface area (Å²) in [5, 5.41) is 16.6. The normalized spacial score (nSPS) is 21.5. The van der Waals surface area contributed by atoms with E-state index in [0.717, 1.165) is 58.3 Å². The molecule has 1 unspecified atom stereocenters. The Labute approximate surface area is 195 Å². The molecule has 0 bridgehead atoms. The SMILES string of the molecule is CCNC(=NCC1(CCO)CCCCC1)NCC(CC(C)C)N1CCOCC1.I. The largest absolute Gasteiger partial charge is 0.396 e. The Bertz CT molecular complexity index is 445. The molecule has 2 fully saturated rings. The number of aliphatic hydroxyl groups excluding tert-OH is 1. The number of nitrogens with one attached hydrogen (secondary N) is 2. The second-order valence-electron chi connectivity index (χ2n) is 9.04. The maximum absolute atomic E-state index is 9.56. The zero-order valence-electron chi connectivity index (χ0n) is 18.9. The number of ether oxygens (including phenoxy) is 1. The van der Waals surface area contributed by atoms with Crippen molar-refractivity contribution < 1.29 is 9.84 Å². The predicted molar refractivity (Wildman–Crippen MR) is 132 cm³/mol. The molecule has 0 aromatic carbocycles. The summed E-state index contributed by atoms with van der Waals surface area (Å²) < 4.78 is 5.54. The molecule has 1 heterocycles. The van der Waals surface area contributed by atoms with Crippen LogP contribution in [-0.2, 0) is 4.74 Å². The van der Waals surface area contributed by atoms with Gasteiger partial charge in [-0.3, -0.25) is 9.89 Å². The fraction of sp³-hybridized carbons (Fsp3) is 0.955. The summed E-state index contributed by atoms with van der Waals surface area (Å²) in [6.07, 6.45) is 8.31. The van der Waals surface area contributed by atoms with Gasteiger partial charge in [-0.15, -0.1) is 24.0 Å². The van der Waals surface area contributed by atoms with E-state index in [1.165, 1.54) is 38.5 Å². The van der Waals surface area contributed by atoms with E-state index in [0.29, 0.717) is 12.0 Å². The van der Waals surface area contributed by atoms with Gasteiger partial charge < -0.3 is 20.5 Å². The third kappa shape index (κ3) is 9.70. The van der Waals surface area contributed by atoms with Gasteiger partial charge in [0.1, 0.15) is 0 Å². The fourth-order valence-electron chi connectivity index (χ4n) is 4.68. The van der Waals surface area contributed by atoms with Crippen LogP contribution in [0.2, 0.25) is 0 Å². The first-order chi connectivity index (χ1) is 13.6. The molecule has 1 saturated heterocycles. The molecule has 0 amide bonds. The van der Waals surface area contributed by atoms with Crippen molar-refractivity contribution in [2.45, 2.75) is 71.8 Å². The van der Waals surface area contributed by atoms with Crippen molar-refractivity contribution in [2.75, 3.05) is 52.5 Å². The highest BCUT2D eigenvalue weighted by molar-refractivity contribution is 14.0. The van der Waals surface area contributed by atoms with Gasteiger partial charge >= 0.3 is 0 Å². The van der Waals surface area contributed by atoms with Gasteiger partial charge in [-0.2, -0.15) is 0 Å². The number of aliphatic imine (C=N–C) groups is 1. The third-order valence-electron chi connectivity index (χ3n) is 6.28. The maximum Gasteiger partial charge on any atom is 0.191 e. The van der Waals surface area contributed by atoms with E-state index in [1.54, 1.807) is 0 Å². The molecule has 0 aromatic rings. The number of guanidine groups is 1. The van der Waals surface area contributed by atoms with E-state index in [1.807, 2.05) is 0 Å². The van der Waals surface area contributed by atoms with Crippen LogP contribution in [0.3, 0.4) is 0 Å². The van der Waals surface area contributed by atoms with Gasteiger partial charge in [0.25, 0.3) is 0 Å². The van der Waals surface area contributed by atoms with E-state index in [-0.39, 0.29) is 36.0 Å². The van der Waals surface area contributed by atoms with Gasteiger partial charge in [-0.1, -0.05) is 33.1 Å². The summed E-state index contributed by atoms with van der Waals surface area (Å²) in [6.45, 7) is 13.3. The first kappa shape index (κ1) is 26.9. The standard InChI is InChI=1S/C22H44N4O2.HI/c1-4-23-21(25-18-22(10-13-27)8-6-5-7-9-22)24-17-20(16-19(2)3)26-11-14-28-15-12-26;/h19-20,27H,4-18H2,1-3H3,(H2,23,24,25);1H. The molecule has 2 rings (SSSR count). The van der Waals surface area contributed by atoms with Crippen molar-refractivity contribution in [3.63, 3.8) is 0 Å². The number of morpholine rings is 1. The lowest BCUT2D eigenvalue weighted by Crippen LogP contribution is -2.51. The average Bonchev–Trinajstić information content (AvgIpc) is 2.70. The van der Waals surface area contributed by atoms with E-state index in [2.05, 4.69) is 36.3 Å². The van der Waals surface area contributed by atoms with Crippen molar-refractivity contribution in [3.05, 3.63) is 0 Å². The quantitative estimate of drug-likeness (QED) is 0.233. The summed E-state index contributed by atoms with van der Waals surface area (Å²) in [4.78, 5) is 7.53. The number of hydrogen-bond donors (Lipinski definition) is 3. The van der Waals surface area contributed by atoms with Gasteiger partial charge in [-0.05, 0) is 43.9 Å². The minimum Gasteiger partial charge on any atom is -0.396 e. The lowest BCUT2D eigenvalue weighted by atomic mass is 9.72. The Morgan fingerprint density at radius 1 is 1.14 bits per heavy atom. The van der Waals surface area contributed by atoms with Crippen LogP contribution >= 0.6 is 24.0 Å². The first-order valence-corrected chi connectivity index (χ1v) is 11.5. The molecule has 0 spiro atoms. The second-order valence-corrected chi connectivity index (χ2v) is 9.04. The van der Waals surface area contributed by atoms with Crippen molar-refractivity contribution in [3.8, 4) is 0 Å². The Morgan fingerprint density at radius 2 is 1.83 bits per heavy atom. The van der Waals surface area contributed by atoms with E-state index < -0.39 is 0 Å². The monoisotopic (exact) mass is 524 g/mol. The van der Waals surface area contributed by atoms with E-state index >= 15 is 0 Å². The second kappa shape index (κ2) is 14.8. The Hall–Kier alpha value is -0.120. The van der Waals surface area contributed by atoms with Crippen LogP contribution in [0.25, 0.3) is 0 Å². The highest BCUT2D eigenvalue weighted by Crippen LogP contribution is 2.39. The van der Waals surface area contributed by atoms with Crippen molar-refractivity contribution >= 4 is 29.9 Å². The molecule has 6 nitrogen and oxygen atoms in total. The molecule has 29 heavy (non-hydrogen) atoms. The highest BCUT2D eigenvalue weighted by Gasteiger charge is 2.31. The van der Waals surface area contributed by atoms with Crippen LogP contribution in [0.15, 0.2) is 4.99 Å². The zero-order chi connectivity index (χ0) is 20.2. The number of halogens is 1. The number of hydrogen-bond acceptors (Lipinski definition) is 4. The molecule has 1 aliphatic carbocycles.